The average Bonchev–Trinajstić information content (AvgIpc) is 3.02. The molecule has 21 heavy (non-hydrogen) atoms. The highest BCUT2D eigenvalue weighted by atomic mass is 32.1. The standard InChI is InChI=1S/C14H19F3N2OS/c1-9-5-6-12(21-9)11-4-3-7-19(11)10(2)13(20)18-8-14(15,16)17/h5-6,10-11H,3-4,7-8H2,1-2H3,(H,18,20)/t10-,11+/m1/s1. The Morgan fingerprint density at radius 1 is 1.52 bits per heavy atom. The monoisotopic (exact) mass is 320 g/mol. The van der Waals surface area contributed by atoms with E-state index in [9.17, 15) is 18.0 Å². The van der Waals surface area contributed by atoms with E-state index in [1.807, 2.05) is 29.3 Å². The average molecular weight is 320 g/mol. The Bertz CT molecular complexity index is 501. The zero-order chi connectivity index (χ0) is 15.6. The van der Waals surface area contributed by atoms with E-state index in [1.54, 1.807) is 18.3 Å². The SMILES string of the molecule is Cc1ccc([C@@H]2CCCN2[C@H](C)C(=O)NCC(F)(F)F)s1. The van der Waals surface area contributed by atoms with Crippen molar-refractivity contribution in [2.45, 2.75) is 44.9 Å². The molecule has 1 fully saturated rings. The maximum atomic E-state index is 12.2. The van der Waals surface area contributed by atoms with E-state index in [0.717, 1.165) is 19.4 Å². The van der Waals surface area contributed by atoms with Crippen LogP contribution in [0.5, 0.6) is 0 Å². The number of carbonyl (C=O) groups is 1. The molecule has 2 heterocycles. The minimum Gasteiger partial charge on any atom is -0.346 e. The summed E-state index contributed by atoms with van der Waals surface area (Å²) in [5.74, 6) is -0.562. The van der Waals surface area contributed by atoms with E-state index in [1.165, 1.54) is 9.75 Å². The van der Waals surface area contributed by atoms with Gasteiger partial charge in [-0.05, 0) is 45.4 Å². The van der Waals surface area contributed by atoms with Crippen molar-refractivity contribution in [2.75, 3.05) is 13.1 Å². The van der Waals surface area contributed by atoms with E-state index in [0.29, 0.717) is 0 Å². The third-order valence-electron chi connectivity index (χ3n) is 3.72. The second-order valence-corrected chi connectivity index (χ2v) is 6.67. The van der Waals surface area contributed by atoms with Crippen LogP contribution in [0.3, 0.4) is 0 Å². The molecule has 0 bridgehead atoms. The van der Waals surface area contributed by atoms with Gasteiger partial charge in [-0.1, -0.05) is 0 Å². The van der Waals surface area contributed by atoms with Gasteiger partial charge < -0.3 is 5.32 Å². The molecule has 1 N–H and O–H groups in total. The first-order valence-corrected chi connectivity index (χ1v) is 7.76. The molecule has 1 aliphatic heterocycles. The fourth-order valence-electron chi connectivity index (χ4n) is 2.68. The normalized spacial score (nSPS) is 21.5. The molecular weight excluding hydrogens is 301 g/mol. The first kappa shape index (κ1) is 16.3. The summed E-state index contributed by atoms with van der Waals surface area (Å²) in [6.07, 6.45) is -2.47. The summed E-state index contributed by atoms with van der Waals surface area (Å²) in [5, 5.41) is 1.97. The molecule has 0 aromatic carbocycles. The van der Waals surface area contributed by atoms with E-state index >= 15 is 0 Å². The van der Waals surface area contributed by atoms with Crippen molar-refractivity contribution in [3.8, 4) is 0 Å². The quantitative estimate of drug-likeness (QED) is 0.923. The molecule has 0 unspecified atom stereocenters. The molecule has 0 aliphatic carbocycles. The predicted octanol–water partition coefficient (Wildman–Crippen LogP) is 3.26. The van der Waals surface area contributed by atoms with Gasteiger partial charge in [-0.15, -0.1) is 11.3 Å². The minimum atomic E-state index is -4.37. The topological polar surface area (TPSA) is 32.3 Å². The summed E-state index contributed by atoms with van der Waals surface area (Å²) < 4.78 is 36.5. The summed E-state index contributed by atoms with van der Waals surface area (Å²) in [6, 6.07) is 3.66. The lowest BCUT2D eigenvalue weighted by Gasteiger charge is -2.29. The molecule has 2 rings (SSSR count). The molecule has 1 aromatic heterocycles. The van der Waals surface area contributed by atoms with E-state index in [-0.39, 0.29) is 6.04 Å². The smallest absolute Gasteiger partial charge is 0.346 e. The molecule has 0 spiro atoms. The Morgan fingerprint density at radius 2 is 2.24 bits per heavy atom. The van der Waals surface area contributed by atoms with Gasteiger partial charge in [0, 0.05) is 15.8 Å². The molecule has 118 valence electrons. The predicted molar refractivity (Wildman–Crippen MR) is 76.3 cm³/mol. The van der Waals surface area contributed by atoms with Crippen LogP contribution in [-0.4, -0.2) is 36.1 Å². The van der Waals surface area contributed by atoms with Crippen LogP contribution in [0, 0.1) is 6.92 Å². The zero-order valence-electron chi connectivity index (χ0n) is 12.0. The first-order valence-electron chi connectivity index (χ1n) is 6.94. The fourth-order valence-corrected chi connectivity index (χ4v) is 3.71. The van der Waals surface area contributed by atoms with Crippen LogP contribution < -0.4 is 5.32 Å². The van der Waals surface area contributed by atoms with Crippen molar-refractivity contribution in [3.63, 3.8) is 0 Å². The number of thiophene rings is 1. The molecule has 2 atom stereocenters. The van der Waals surface area contributed by atoms with Gasteiger partial charge in [0.1, 0.15) is 6.54 Å². The van der Waals surface area contributed by atoms with Crippen molar-refractivity contribution < 1.29 is 18.0 Å². The van der Waals surface area contributed by atoms with E-state index in [4.69, 9.17) is 0 Å². The summed E-state index contributed by atoms with van der Waals surface area (Å²) >= 11 is 1.68. The second kappa shape index (κ2) is 6.36. The summed E-state index contributed by atoms with van der Waals surface area (Å²) in [6.45, 7) is 3.16. The van der Waals surface area contributed by atoms with Gasteiger partial charge >= 0.3 is 6.18 Å². The molecule has 1 aliphatic rings. The third kappa shape index (κ3) is 4.20. The van der Waals surface area contributed by atoms with Gasteiger partial charge in [0.2, 0.25) is 5.91 Å². The highest BCUT2D eigenvalue weighted by Gasteiger charge is 2.35. The Hall–Kier alpha value is -1.08. The second-order valence-electron chi connectivity index (χ2n) is 5.35. The van der Waals surface area contributed by atoms with Crippen LogP contribution in [-0.2, 0) is 4.79 Å². The summed E-state index contributed by atoms with van der Waals surface area (Å²) in [5.41, 5.74) is 0. The maximum absolute atomic E-state index is 12.2. The van der Waals surface area contributed by atoms with Gasteiger partial charge in [0.25, 0.3) is 0 Å². The lowest BCUT2D eigenvalue weighted by atomic mass is 10.1. The lowest BCUT2D eigenvalue weighted by molar-refractivity contribution is -0.141. The van der Waals surface area contributed by atoms with Gasteiger partial charge in [-0.2, -0.15) is 13.2 Å². The number of rotatable bonds is 4. The molecule has 0 saturated carbocycles. The van der Waals surface area contributed by atoms with Crippen molar-refractivity contribution in [1.29, 1.82) is 0 Å². The molecule has 1 amide bonds. The van der Waals surface area contributed by atoms with Crippen LogP contribution in [0.2, 0.25) is 0 Å². The molecule has 1 aromatic rings. The first-order chi connectivity index (χ1) is 9.78. The minimum absolute atomic E-state index is 0.135. The van der Waals surface area contributed by atoms with Gasteiger partial charge in [0.15, 0.2) is 0 Å². The number of hydrogen-bond donors (Lipinski definition) is 1. The van der Waals surface area contributed by atoms with Crippen molar-refractivity contribution >= 4 is 17.2 Å². The number of halogens is 3. The van der Waals surface area contributed by atoms with Crippen LogP contribution >= 0.6 is 11.3 Å². The number of carbonyl (C=O) groups excluding carboxylic acids is 1. The Balaban J connectivity index is 2.00. The lowest BCUT2D eigenvalue weighted by Crippen LogP contribution is -2.47. The molecular formula is C14H19F3N2OS. The van der Waals surface area contributed by atoms with E-state index in [2.05, 4.69) is 0 Å². The highest BCUT2D eigenvalue weighted by Crippen LogP contribution is 2.37. The molecule has 7 heteroatoms. The number of amides is 1. The fraction of sp³-hybridized carbons (Fsp3) is 0.643. The van der Waals surface area contributed by atoms with Crippen molar-refractivity contribution in [2.24, 2.45) is 0 Å². The van der Waals surface area contributed by atoms with Crippen LogP contribution in [0.15, 0.2) is 12.1 Å². The number of hydrogen-bond acceptors (Lipinski definition) is 3. The Kier molecular flexibility index (Phi) is 4.93. The summed E-state index contributed by atoms with van der Waals surface area (Å²) in [7, 11) is 0. The maximum Gasteiger partial charge on any atom is 0.405 e. The summed E-state index contributed by atoms with van der Waals surface area (Å²) in [4.78, 5) is 16.3. The number of likely N-dealkylation sites (tertiary alicyclic amines) is 1. The Labute approximate surface area is 126 Å². The third-order valence-corrected chi connectivity index (χ3v) is 4.83. The molecule has 0 radical (unpaired) electrons. The van der Waals surface area contributed by atoms with Crippen molar-refractivity contribution in [3.05, 3.63) is 21.9 Å². The molecule has 1 saturated heterocycles. The van der Waals surface area contributed by atoms with Crippen LogP contribution in [0.4, 0.5) is 13.2 Å². The number of nitrogens with zero attached hydrogens (tertiary/aromatic N) is 1. The number of aryl methyl sites for hydroxylation is 1. The van der Waals surface area contributed by atoms with Crippen LogP contribution in [0.1, 0.15) is 35.6 Å². The number of nitrogens with one attached hydrogen (secondary N) is 1. The molecule has 3 nitrogen and oxygen atoms in total. The zero-order valence-corrected chi connectivity index (χ0v) is 12.9. The number of alkyl halides is 3. The van der Waals surface area contributed by atoms with Crippen LogP contribution in [0.25, 0.3) is 0 Å². The van der Waals surface area contributed by atoms with Crippen molar-refractivity contribution in [1.82, 2.24) is 10.2 Å². The van der Waals surface area contributed by atoms with Gasteiger partial charge in [-0.3, -0.25) is 9.69 Å². The largest absolute Gasteiger partial charge is 0.405 e. The van der Waals surface area contributed by atoms with E-state index < -0.39 is 24.7 Å². The van der Waals surface area contributed by atoms with Gasteiger partial charge in [0.05, 0.1) is 6.04 Å². The Morgan fingerprint density at radius 3 is 2.81 bits per heavy atom. The van der Waals surface area contributed by atoms with Gasteiger partial charge in [-0.25, -0.2) is 0 Å². The highest BCUT2D eigenvalue weighted by molar-refractivity contribution is 7.12.